The van der Waals surface area contributed by atoms with Gasteiger partial charge in [-0.05, 0) is 32.7 Å². The fourth-order valence-corrected chi connectivity index (χ4v) is 1.87. The van der Waals surface area contributed by atoms with Crippen molar-refractivity contribution in [2.24, 2.45) is 11.7 Å². The van der Waals surface area contributed by atoms with Crippen LogP contribution in [-0.4, -0.2) is 55.5 Å². The lowest BCUT2D eigenvalue weighted by Gasteiger charge is -2.31. The average Bonchev–Trinajstić information content (AvgIpc) is 3.02. The van der Waals surface area contributed by atoms with Gasteiger partial charge in [0.25, 0.3) is 0 Å². The molecule has 0 aromatic heterocycles. The molecular weight excluding hydrogens is 192 g/mol. The summed E-state index contributed by atoms with van der Waals surface area (Å²) in [5.74, 6) is 0.622. The molecule has 2 unspecified atom stereocenters. The van der Waals surface area contributed by atoms with Crippen LogP contribution >= 0.6 is 0 Å². The van der Waals surface area contributed by atoms with E-state index in [0.717, 1.165) is 13.2 Å². The number of hydrogen-bond donors (Lipinski definition) is 2. The zero-order chi connectivity index (χ0) is 11.3. The number of rotatable bonds is 8. The molecular formula is C11H24N2O2. The van der Waals surface area contributed by atoms with E-state index in [0.29, 0.717) is 12.5 Å². The number of aliphatic hydroxyl groups excluding tert-OH is 1. The predicted octanol–water partition coefficient (Wildman–Crippen LogP) is 0.0529. The fraction of sp³-hybridized carbons (Fsp3) is 1.00. The Morgan fingerprint density at radius 2 is 2.20 bits per heavy atom. The number of likely N-dealkylation sites (N-methyl/N-ethyl adjacent to an activating group) is 1. The third kappa shape index (κ3) is 4.07. The Morgan fingerprint density at radius 1 is 1.53 bits per heavy atom. The van der Waals surface area contributed by atoms with E-state index in [1.54, 1.807) is 0 Å². The molecule has 0 aromatic rings. The summed E-state index contributed by atoms with van der Waals surface area (Å²) in [4.78, 5) is 2.11. The number of nitrogens with zero attached hydrogens (tertiary/aromatic N) is 1. The van der Waals surface area contributed by atoms with Gasteiger partial charge < -0.3 is 15.6 Å². The van der Waals surface area contributed by atoms with Crippen molar-refractivity contribution in [3.05, 3.63) is 0 Å². The molecule has 90 valence electrons. The summed E-state index contributed by atoms with van der Waals surface area (Å²) in [6.07, 6.45) is 2.44. The fourth-order valence-electron chi connectivity index (χ4n) is 1.87. The Kier molecular flexibility index (Phi) is 5.53. The highest BCUT2D eigenvalue weighted by Gasteiger charge is 2.35. The van der Waals surface area contributed by atoms with Crippen LogP contribution in [0.2, 0.25) is 0 Å². The molecule has 2 atom stereocenters. The monoisotopic (exact) mass is 216 g/mol. The Bertz CT molecular complexity index is 174. The molecule has 1 rings (SSSR count). The average molecular weight is 216 g/mol. The minimum Gasteiger partial charge on any atom is -0.395 e. The highest BCUT2D eigenvalue weighted by Crippen LogP contribution is 2.33. The van der Waals surface area contributed by atoms with Crippen LogP contribution in [0.3, 0.4) is 0 Å². The molecule has 0 radical (unpaired) electrons. The van der Waals surface area contributed by atoms with E-state index in [4.69, 9.17) is 10.5 Å². The molecule has 15 heavy (non-hydrogen) atoms. The first kappa shape index (κ1) is 12.9. The van der Waals surface area contributed by atoms with Gasteiger partial charge in [0.1, 0.15) is 0 Å². The Balaban J connectivity index is 2.28. The van der Waals surface area contributed by atoms with Gasteiger partial charge in [-0.1, -0.05) is 0 Å². The van der Waals surface area contributed by atoms with E-state index < -0.39 is 0 Å². The van der Waals surface area contributed by atoms with Gasteiger partial charge in [0.05, 0.1) is 13.2 Å². The molecule has 0 aromatic carbocycles. The maximum Gasteiger partial charge on any atom is 0.0601 e. The summed E-state index contributed by atoms with van der Waals surface area (Å²) in [6.45, 7) is 4.41. The topological polar surface area (TPSA) is 58.7 Å². The van der Waals surface area contributed by atoms with Crippen LogP contribution in [-0.2, 0) is 4.74 Å². The lowest BCUT2D eigenvalue weighted by molar-refractivity contribution is 0.0747. The summed E-state index contributed by atoms with van der Waals surface area (Å²) in [5.41, 5.74) is 6.10. The molecule has 0 amide bonds. The second kappa shape index (κ2) is 6.43. The molecule has 1 fully saturated rings. The highest BCUT2D eigenvalue weighted by molar-refractivity contribution is 4.92. The van der Waals surface area contributed by atoms with E-state index in [2.05, 4.69) is 4.90 Å². The maximum atomic E-state index is 9.34. The Hall–Kier alpha value is -0.160. The van der Waals surface area contributed by atoms with Crippen LogP contribution in [0.25, 0.3) is 0 Å². The standard InChI is InChI=1S/C11H24N2O2/c1-3-15-7-6-13(2)10(8-14)11(12)9-4-5-9/h9-11,14H,3-8,12H2,1-2H3. The van der Waals surface area contributed by atoms with Crippen molar-refractivity contribution in [1.29, 1.82) is 0 Å². The van der Waals surface area contributed by atoms with Crippen LogP contribution < -0.4 is 5.73 Å². The molecule has 0 aliphatic heterocycles. The normalized spacial score (nSPS) is 20.6. The van der Waals surface area contributed by atoms with Crippen LogP contribution in [0.1, 0.15) is 19.8 Å². The van der Waals surface area contributed by atoms with Gasteiger partial charge in [0.15, 0.2) is 0 Å². The largest absolute Gasteiger partial charge is 0.395 e. The molecule has 1 aliphatic carbocycles. The number of nitrogens with two attached hydrogens (primary N) is 1. The molecule has 0 saturated heterocycles. The van der Waals surface area contributed by atoms with Gasteiger partial charge in [0.2, 0.25) is 0 Å². The lowest BCUT2D eigenvalue weighted by atomic mass is 10.0. The number of aliphatic hydroxyl groups is 1. The van der Waals surface area contributed by atoms with Crippen molar-refractivity contribution in [2.45, 2.75) is 31.8 Å². The minimum atomic E-state index is 0.0814. The summed E-state index contributed by atoms with van der Waals surface area (Å²) >= 11 is 0. The van der Waals surface area contributed by atoms with Gasteiger partial charge in [-0.15, -0.1) is 0 Å². The second-order valence-electron chi connectivity index (χ2n) is 4.34. The van der Waals surface area contributed by atoms with E-state index in [1.165, 1.54) is 12.8 Å². The Labute approximate surface area is 92.4 Å². The van der Waals surface area contributed by atoms with Crippen molar-refractivity contribution >= 4 is 0 Å². The molecule has 4 heteroatoms. The van der Waals surface area contributed by atoms with Crippen LogP contribution in [0.15, 0.2) is 0 Å². The predicted molar refractivity (Wildman–Crippen MR) is 60.7 cm³/mol. The van der Waals surface area contributed by atoms with Gasteiger partial charge in [0, 0.05) is 25.2 Å². The van der Waals surface area contributed by atoms with Crippen LogP contribution in [0.4, 0.5) is 0 Å². The van der Waals surface area contributed by atoms with Gasteiger partial charge in [-0.3, -0.25) is 4.90 Å². The number of hydrogen-bond acceptors (Lipinski definition) is 4. The first-order chi connectivity index (χ1) is 7.20. The summed E-state index contributed by atoms with van der Waals surface area (Å²) in [5, 5.41) is 9.34. The first-order valence-electron chi connectivity index (χ1n) is 5.85. The molecule has 0 heterocycles. The van der Waals surface area contributed by atoms with Gasteiger partial charge in [-0.2, -0.15) is 0 Å². The van der Waals surface area contributed by atoms with E-state index >= 15 is 0 Å². The molecule has 0 bridgehead atoms. The first-order valence-corrected chi connectivity index (χ1v) is 5.85. The zero-order valence-corrected chi connectivity index (χ0v) is 9.85. The molecule has 4 nitrogen and oxygen atoms in total. The quantitative estimate of drug-likeness (QED) is 0.563. The second-order valence-corrected chi connectivity index (χ2v) is 4.34. The van der Waals surface area contributed by atoms with Gasteiger partial charge in [-0.25, -0.2) is 0 Å². The third-order valence-electron chi connectivity index (χ3n) is 3.16. The third-order valence-corrected chi connectivity index (χ3v) is 3.16. The van der Waals surface area contributed by atoms with Crippen LogP contribution in [0.5, 0.6) is 0 Å². The smallest absolute Gasteiger partial charge is 0.0601 e. The van der Waals surface area contributed by atoms with E-state index in [9.17, 15) is 5.11 Å². The summed E-state index contributed by atoms with van der Waals surface area (Å²) in [7, 11) is 2.00. The van der Waals surface area contributed by atoms with E-state index in [-0.39, 0.29) is 18.7 Å². The van der Waals surface area contributed by atoms with Gasteiger partial charge >= 0.3 is 0 Å². The lowest BCUT2D eigenvalue weighted by Crippen LogP contribution is -2.50. The maximum absolute atomic E-state index is 9.34. The van der Waals surface area contributed by atoms with Crippen molar-refractivity contribution in [2.75, 3.05) is 33.4 Å². The van der Waals surface area contributed by atoms with Crippen molar-refractivity contribution in [1.82, 2.24) is 4.90 Å². The minimum absolute atomic E-state index is 0.0814. The van der Waals surface area contributed by atoms with E-state index in [1.807, 2.05) is 14.0 Å². The number of ether oxygens (including phenoxy) is 1. The molecule has 1 saturated carbocycles. The zero-order valence-electron chi connectivity index (χ0n) is 9.85. The SMILES string of the molecule is CCOCCN(C)C(CO)C(N)C1CC1. The van der Waals surface area contributed by atoms with Crippen molar-refractivity contribution in [3.63, 3.8) is 0 Å². The molecule has 3 N–H and O–H groups in total. The van der Waals surface area contributed by atoms with Crippen molar-refractivity contribution < 1.29 is 9.84 Å². The molecule has 1 aliphatic rings. The van der Waals surface area contributed by atoms with Crippen LogP contribution in [0, 0.1) is 5.92 Å². The highest BCUT2D eigenvalue weighted by atomic mass is 16.5. The summed E-state index contributed by atoms with van der Waals surface area (Å²) in [6, 6.07) is 0.194. The molecule has 0 spiro atoms. The van der Waals surface area contributed by atoms with Crippen molar-refractivity contribution in [3.8, 4) is 0 Å². The summed E-state index contributed by atoms with van der Waals surface area (Å²) < 4.78 is 5.29. The Morgan fingerprint density at radius 3 is 2.67 bits per heavy atom.